The maximum Gasteiger partial charge on any atom is 0.335 e. The first-order chi connectivity index (χ1) is 13.8. The number of rotatable bonds is 5. The minimum Gasteiger partial charge on any atom is -0.372 e. The summed E-state index contributed by atoms with van der Waals surface area (Å²) in [6.45, 7) is 7.81. The first-order valence-electron chi connectivity index (χ1n) is 9.38. The quantitative estimate of drug-likeness (QED) is 0.539. The predicted molar refractivity (Wildman–Crippen MR) is 118 cm³/mol. The first kappa shape index (κ1) is 20.8. The molecule has 2 aromatic carbocycles. The van der Waals surface area contributed by atoms with E-state index in [1.807, 2.05) is 31.2 Å². The second kappa shape index (κ2) is 8.61. The number of carbonyl (C=O) groups excluding carboxylic acids is 3. The Morgan fingerprint density at radius 1 is 1.03 bits per heavy atom. The Morgan fingerprint density at radius 3 is 2.28 bits per heavy atom. The normalized spacial score (nSPS) is 15.7. The smallest absolute Gasteiger partial charge is 0.335 e. The Kier molecular flexibility index (Phi) is 6.17. The van der Waals surface area contributed by atoms with Crippen molar-refractivity contribution in [2.45, 2.75) is 20.8 Å². The number of urea groups is 1. The molecule has 1 fully saturated rings. The molecule has 2 aromatic rings. The highest BCUT2D eigenvalue weighted by atomic mass is 79.9. The summed E-state index contributed by atoms with van der Waals surface area (Å²) in [7, 11) is 0. The SMILES string of the molecule is CCN(CC)c1ccc(/C=C2\C(=O)NC(=O)N(c3ccc(Br)c(C)c3)C2=O)cc1. The van der Waals surface area contributed by atoms with Crippen LogP contribution in [0.15, 0.2) is 52.5 Å². The number of amides is 4. The lowest BCUT2D eigenvalue weighted by Gasteiger charge is -2.26. The zero-order chi connectivity index (χ0) is 21.1. The van der Waals surface area contributed by atoms with Gasteiger partial charge in [0, 0.05) is 23.2 Å². The van der Waals surface area contributed by atoms with Crippen LogP contribution in [0.25, 0.3) is 6.08 Å². The van der Waals surface area contributed by atoms with Crippen LogP contribution < -0.4 is 15.1 Å². The van der Waals surface area contributed by atoms with E-state index in [1.54, 1.807) is 18.2 Å². The summed E-state index contributed by atoms with van der Waals surface area (Å²) in [5, 5.41) is 2.25. The van der Waals surface area contributed by atoms with Gasteiger partial charge in [-0.2, -0.15) is 0 Å². The highest BCUT2D eigenvalue weighted by molar-refractivity contribution is 9.10. The fourth-order valence-corrected chi connectivity index (χ4v) is 3.44. The van der Waals surface area contributed by atoms with Crippen molar-refractivity contribution in [2.75, 3.05) is 22.9 Å². The number of nitrogens with one attached hydrogen (secondary N) is 1. The number of aryl methyl sites for hydroxylation is 1. The molecule has 1 saturated heterocycles. The van der Waals surface area contributed by atoms with E-state index in [0.29, 0.717) is 11.3 Å². The Hall–Kier alpha value is -2.93. The van der Waals surface area contributed by atoms with Crippen molar-refractivity contribution in [2.24, 2.45) is 0 Å². The van der Waals surface area contributed by atoms with E-state index >= 15 is 0 Å². The lowest BCUT2D eigenvalue weighted by atomic mass is 10.1. The number of hydrogen-bond donors (Lipinski definition) is 1. The van der Waals surface area contributed by atoms with Gasteiger partial charge in [-0.3, -0.25) is 14.9 Å². The van der Waals surface area contributed by atoms with Crippen LogP contribution in [-0.2, 0) is 9.59 Å². The Labute approximate surface area is 178 Å². The van der Waals surface area contributed by atoms with Gasteiger partial charge in [0.15, 0.2) is 0 Å². The van der Waals surface area contributed by atoms with Gasteiger partial charge in [0.25, 0.3) is 11.8 Å². The molecule has 150 valence electrons. The van der Waals surface area contributed by atoms with Gasteiger partial charge < -0.3 is 4.90 Å². The minimum absolute atomic E-state index is 0.0826. The van der Waals surface area contributed by atoms with Crippen molar-refractivity contribution in [1.29, 1.82) is 0 Å². The largest absolute Gasteiger partial charge is 0.372 e. The number of imide groups is 2. The van der Waals surface area contributed by atoms with Crippen molar-refractivity contribution in [1.82, 2.24) is 5.32 Å². The maximum atomic E-state index is 13.0. The third-order valence-corrected chi connectivity index (χ3v) is 5.72. The number of halogens is 1. The third-order valence-electron chi connectivity index (χ3n) is 4.83. The molecule has 0 radical (unpaired) electrons. The number of anilines is 2. The Morgan fingerprint density at radius 2 is 1.69 bits per heavy atom. The molecule has 4 amide bonds. The maximum absolute atomic E-state index is 13.0. The monoisotopic (exact) mass is 455 g/mol. The predicted octanol–water partition coefficient (Wildman–Crippen LogP) is 4.27. The molecule has 1 N–H and O–H groups in total. The van der Waals surface area contributed by atoms with Crippen LogP contribution in [0.3, 0.4) is 0 Å². The van der Waals surface area contributed by atoms with E-state index < -0.39 is 17.8 Å². The lowest BCUT2D eigenvalue weighted by molar-refractivity contribution is -0.122. The summed E-state index contributed by atoms with van der Waals surface area (Å²) in [5.41, 5.74) is 2.97. The van der Waals surface area contributed by atoms with Gasteiger partial charge in [-0.15, -0.1) is 0 Å². The van der Waals surface area contributed by atoms with Gasteiger partial charge in [-0.05, 0) is 68.3 Å². The van der Waals surface area contributed by atoms with Crippen molar-refractivity contribution in [3.8, 4) is 0 Å². The van der Waals surface area contributed by atoms with Crippen LogP contribution in [0, 0.1) is 6.92 Å². The Balaban J connectivity index is 1.93. The molecule has 0 atom stereocenters. The van der Waals surface area contributed by atoms with Gasteiger partial charge in [0.05, 0.1) is 5.69 Å². The summed E-state index contributed by atoms with van der Waals surface area (Å²) < 4.78 is 0.867. The summed E-state index contributed by atoms with van der Waals surface area (Å²) in [4.78, 5) is 40.8. The van der Waals surface area contributed by atoms with Crippen LogP contribution in [-0.4, -0.2) is 30.9 Å². The zero-order valence-corrected chi connectivity index (χ0v) is 18.1. The van der Waals surface area contributed by atoms with Crippen molar-refractivity contribution >= 4 is 51.2 Å². The van der Waals surface area contributed by atoms with Crippen LogP contribution in [0.5, 0.6) is 0 Å². The lowest BCUT2D eigenvalue weighted by Crippen LogP contribution is -2.54. The summed E-state index contributed by atoms with van der Waals surface area (Å²) in [5.74, 6) is -1.34. The molecule has 0 aliphatic carbocycles. The number of carbonyl (C=O) groups is 3. The average Bonchev–Trinajstić information content (AvgIpc) is 2.70. The van der Waals surface area contributed by atoms with Gasteiger partial charge in [0.1, 0.15) is 5.57 Å². The molecule has 1 aliphatic rings. The fourth-order valence-electron chi connectivity index (χ4n) is 3.20. The van der Waals surface area contributed by atoms with Crippen LogP contribution in [0.1, 0.15) is 25.0 Å². The van der Waals surface area contributed by atoms with Crippen LogP contribution in [0.2, 0.25) is 0 Å². The van der Waals surface area contributed by atoms with Crippen LogP contribution in [0.4, 0.5) is 16.2 Å². The summed E-state index contributed by atoms with van der Waals surface area (Å²) in [6.07, 6.45) is 1.51. The fraction of sp³-hybridized carbons (Fsp3) is 0.227. The molecule has 29 heavy (non-hydrogen) atoms. The third kappa shape index (κ3) is 4.24. The molecule has 3 rings (SSSR count). The molecular formula is C22H22BrN3O3. The number of nitrogens with zero attached hydrogens (tertiary/aromatic N) is 2. The molecule has 6 nitrogen and oxygen atoms in total. The highest BCUT2D eigenvalue weighted by Gasteiger charge is 2.36. The van der Waals surface area contributed by atoms with Crippen molar-refractivity contribution in [3.63, 3.8) is 0 Å². The van der Waals surface area contributed by atoms with Crippen LogP contribution >= 0.6 is 15.9 Å². The standard InChI is InChI=1S/C22H22BrN3O3/c1-4-25(5-2)16-8-6-15(7-9-16)13-18-20(27)24-22(29)26(21(18)28)17-10-11-19(23)14(3)12-17/h6-13H,4-5H2,1-3H3,(H,24,27,29)/b18-13+. The average molecular weight is 456 g/mol. The Bertz CT molecular complexity index is 995. The van der Waals surface area contributed by atoms with E-state index in [9.17, 15) is 14.4 Å². The molecule has 1 aliphatic heterocycles. The summed E-state index contributed by atoms with van der Waals surface area (Å²) >= 11 is 3.40. The molecule has 0 bridgehead atoms. The first-order valence-corrected chi connectivity index (χ1v) is 10.2. The van der Waals surface area contributed by atoms with E-state index in [-0.39, 0.29) is 5.57 Å². The molecular weight excluding hydrogens is 434 g/mol. The molecule has 0 unspecified atom stereocenters. The molecule has 0 spiro atoms. The van der Waals surface area contributed by atoms with Crippen molar-refractivity contribution in [3.05, 3.63) is 63.6 Å². The van der Waals surface area contributed by atoms with E-state index in [0.717, 1.165) is 33.7 Å². The highest BCUT2D eigenvalue weighted by Crippen LogP contribution is 2.26. The van der Waals surface area contributed by atoms with E-state index in [1.165, 1.54) is 6.08 Å². The van der Waals surface area contributed by atoms with Gasteiger partial charge in [0.2, 0.25) is 0 Å². The van der Waals surface area contributed by atoms with Gasteiger partial charge in [-0.1, -0.05) is 28.1 Å². The summed E-state index contributed by atoms with van der Waals surface area (Å²) in [6, 6.07) is 12.0. The minimum atomic E-state index is -0.754. The second-order valence-corrected chi connectivity index (χ2v) is 7.51. The van der Waals surface area contributed by atoms with E-state index in [2.05, 4.69) is 40.0 Å². The molecule has 1 heterocycles. The van der Waals surface area contributed by atoms with Gasteiger partial charge >= 0.3 is 6.03 Å². The number of benzene rings is 2. The zero-order valence-electron chi connectivity index (χ0n) is 16.5. The molecule has 7 heteroatoms. The second-order valence-electron chi connectivity index (χ2n) is 6.66. The van der Waals surface area contributed by atoms with Crippen molar-refractivity contribution < 1.29 is 14.4 Å². The molecule has 0 aromatic heterocycles. The number of barbiturate groups is 1. The van der Waals surface area contributed by atoms with Gasteiger partial charge in [-0.25, -0.2) is 9.69 Å². The number of hydrogen-bond acceptors (Lipinski definition) is 4. The molecule has 0 saturated carbocycles. The van der Waals surface area contributed by atoms with E-state index in [4.69, 9.17) is 0 Å². The topological polar surface area (TPSA) is 69.7 Å².